The highest BCUT2D eigenvalue weighted by atomic mass is 19.1. The van der Waals surface area contributed by atoms with E-state index >= 15 is 0 Å². The van der Waals surface area contributed by atoms with Gasteiger partial charge in [-0.25, -0.2) is 9.37 Å². The average molecular weight is 547 g/mol. The third-order valence-corrected chi connectivity index (χ3v) is 8.60. The number of nitrogens with zero attached hydrogens (tertiary/aromatic N) is 4. The molecule has 3 heterocycles. The summed E-state index contributed by atoms with van der Waals surface area (Å²) in [5.41, 5.74) is 4.36. The van der Waals surface area contributed by atoms with Crippen LogP contribution in [0.5, 0.6) is 5.75 Å². The largest absolute Gasteiger partial charge is 0.494 e. The fourth-order valence-electron chi connectivity index (χ4n) is 6.51. The van der Waals surface area contributed by atoms with E-state index in [2.05, 4.69) is 27.9 Å². The minimum atomic E-state index is -0.684. The lowest BCUT2D eigenvalue weighted by molar-refractivity contribution is -0.120. The van der Waals surface area contributed by atoms with Crippen LogP contribution in [-0.2, 0) is 4.79 Å². The number of imidazole rings is 1. The zero-order valence-corrected chi connectivity index (χ0v) is 23.4. The van der Waals surface area contributed by atoms with Gasteiger partial charge in [-0.15, -0.1) is 0 Å². The summed E-state index contributed by atoms with van der Waals surface area (Å²) >= 11 is 0. The lowest BCUT2D eigenvalue weighted by Gasteiger charge is -2.38. The quantitative estimate of drug-likeness (QED) is 0.304. The van der Waals surface area contributed by atoms with Crippen LogP contribution in [0.25, 0.3) is 22.2 Å². The van der Waals surface area contributed by atoms with Crippen molar-refractivity contribution in [3.05, 3.63) is 59.5 Å². The van der Waals surface area contributed by atoms with Gasteiger partial charge in [0.25, 0.3) is 0 Å². The first-order valence-corrected chi connectivity index (χ1v) is 14.0. The van der Waals surface area contributed by atoms with Crippen molar-refractivity contribution in [2.45, 2.75) is 83.4 Å². The highest BCUT2D eigenvalue weighted by molar-refractivity contribution is 5.95. The zero-order valence-electron chi connectivity index (χ0n) is 23.4. The van der Waals surface area contributed by atoms with Crippen molar-refractivity contribution in [3.63, 3.8) is 0 Å². The number of rotatable bonds is 5. The van der Waals surface area contributed by atoms with Crippen LogP contribution in [0.3, 0.4) is 0 Å². The first kappa shape index (κ1) is 26.5. The summed E-state index contributed by atoms with van der Waals surface area (Å²) in [5.74, 6) is 1.11. The molecule has 2 aliphatic rings. The summed E-state index contributed by atoms with van der Waals surface area (Å²) in [6.45, 7) is 5.72. The number of aliphatic hydroxyl groups is 1. The van der Waals surface area contributed by atoms with Gasteiger partial charge in [0.1, 0.15) is 11.6 Å². The number of methoxy groups -OCH3 is 1. The predicted molar refractivity (Wildman–Crippen MR) is 150 cm³/mol. The summed E-state index contributed by atoms with van der Waals surface area (Å²) in [6.07, 6.45) is 4.81. The molecule has 1 aliphatic heterocycles. The molecule has 1 unspecified atom stereocenters. The molecular weight excluding hydrogens is 511 g/mol. The van der Waals surface area contributed by atoms with E-state index in [-0.39, 0.29) is 23.7 Å². The van der Waals surface area contributed by atoms with Crippen molar-refractivity contribution in [1.82, 2.24) is 14.7 Å². The fourth-order valence-corrected chi connectivity index (χ4v) is 6.51. The van der Waals surface area contributed by atoms with Crippen LogP contribution < -0.4 is 9.64 Å². The van der Waals surface area contributed by atoms with Crippen LogP contribution in [-0.4, -0.2) is 38.4 Å². The Morgan fingerprint density at radius 2 is 1.90 bits per heavy atom. The monoisotopic (exact) mass is 546 g/mol. The molecule has 1 atom stereocenters. The van der Waals surface area contributed by atoms with Crippen molar-refractivity contribution in [2.75, 3.05) is 12.0 Å². The molecule has 8 nitrogen and oxygen atoms in total. The highest BCUT2D eigenvalue weighted by Crippen LogP contribution is 2.43. The number of aromatic nitrogens is 3. The van der Waals surface area contributed by atoms with Crippen LogP contribution in [0.15, 0.2) is 40.9 Å². The number of carbonyl (C=O) groups excluding carboxylic acids is 1. The first-order valence-electron chi connectivity index (χ1n) is 14.0. The van der Waals surface area contributed by atoms with Gasteiger partial charge in [0, 0.05) is 29.8 Å². The number of anilines is 1. The molecule has 9 heteroatoms. The lowest BCUT2D eigenvalue weighted by atomic mass is 9.83. The Balaban J connectivity index is 1.50. The summed E-state index contributed by atoms with van der Waals surface area (Å²) < 4.78 is 27.6. The third kappa shape index (κ3) is 4.56. The zero-order chi connectivity index (χ0) is 28.2. The van der Waals surface area contributed by atoms with E-state index in [1.54, 1.807) is 17.0 Å². The summed E-state index contributed by atoms with van der Waals surface area (Å²) in [5, 5.41) is 14.8. The van der Waals surface area contributed by atoms with Crippen LogP contribution in [0.2, 0.25) is 0 Å². The van der Waals surface area contributed by atoms with Crippen LogP contribution in [0.1, 0.15) is 81.2 Å². The molecule has 210 valence electrons. The van der Waals surface area contributed by atoms with E-state index in [9.17, 15) is 14.3 Å². The van der Waals surface area contributed by atoms with Crippen molar-refractivity contribution >= 4 is 22.6 Å². The molecule has 2 aromatic carbocycles. The number of piperidine rings is 1. The van der Waals surface area contributed by atoms with E-state index in [0.717, 1.165) is 58.7 Å². The highest BCUT2D eigenvalue weighted by Gasteiger charge is 2.38. The second kappa shape index (κ2) is 10.0. The van der Waals surface area contributed by atoms with Gasteiger partial charge in [-0.05, 0) is 89.1 Å². The normalized spacial score (nSPS) is 23.6. The Labute approximate surface area is 232 Å². The number of halogens is 1. The number of fused-ring (bicyclic) bond motifs is 1. The van der Waals surface area contributed by atoms with Crippen LogP contribution in [0.4, 0.5) is 10.1 Å². The number of aryl methyl sites for hydroxylation is 2. The summed E-state index contributed by atoms with van der Waals surface area (Å²) in [6, 6.07) is 10.6. The maximum absolute atomic E-state index is 14.8. The molecule has 2 aromatic heterocycles. The lowest BCUT2D eigenvalue weighted by Crippen LogP contribution is -2.40. The standard InChI is InChI=1S/C31H35FN4O4/c1-18-29(19(2)40-34-18)20-8-10-25-24(16-20)33-30(36(25)21-12-14-31(3,38)15-13-21)26-6-5-7-28(37)35(26)22-9-11-27(39-4)23(32)17-22/h8-11,16-17,21,26,38H,5-7,12-15H2,1-4H3. The van der Waals surface area contributed by atoms with Gasteiger partial charge in [0.05, 0.1) is 35.5 Å². The van der Waals surface area contributed by atoms with Crippen molar-refractivity contribution in [2.24, 2.45) is 0 Å². The molecule has 40 heavy (non-hydrogen) atoms. The molecule has 1 amide bonds. The summed E-state index contributed by atoms with van der Waals surface area (Å²) in [7, 11) is 1.42. The molecular formula is C31H35FN4O4. The Bertz CT molecular complexity index is 1560. The van der Waals surface area contributed by atoms with Crippen molar-refractivity contribution in [1.29, 1.82) is 0 Å². The Kier molecular flexibility index (Phi) is 6.65. The van der Waals surface area contributed by atoms with E-state index in [1.807, 2.05) is 20.8 Å². The minimum absolute atomic E-state index is 0.0533. The van der Waals surface area contributed by atoms with E-state index < -0.39 is 11.4 Å². The summed E-state index contributed by atoms with van der Waals surface area (Å²) in [4.78, 5) is 20.3. The number of ether oxygens (including phenoxy) is 1. The molecule has 1 saturated heterocycles. The second-order valence-corrected chi connectivity index (χ2v) is 11.5. The Hall–Kier alpha value is -3.72. The van der Waals surface area contributed by atoms with Gasteiger partial charge >= 0.3 is 0 Å². The van der Waals surface area contributed by atoms with Gasteiger partial charge in [-0.2, -0.15) is 0 Å². The molecule has 1 N–H and O–H groups in total. The van der Waals surface area contributed by atoms with Crippen molar-refractivity contribution < 1.29 is 23.6 Å². The number of benzene rings is 2. The number of hydrogen-bond acceptors (Lipinski definition) is 6. The topological polar surface area (TPSA) is 93.6 Å². The Morgan fingerprint density at radius 3 is 2.58 bits per heavy atom. The second-order valence-electron chi connectivity index (χ2n) is 11.5. The minimum Gasteiger partial charge on any atom is -0.494 e. The SMILES string of the molecule is COc1ccc(N2C(=O)CCCC2c2nc3cc(-c4c(C)noc4C)ccc3n2C2CCC(C)(O)CC2)cc1F. The smallest absolute Gasteiger partial charge is 0.227 e. The Morgan fingerprint density at radius 1 is 1.12 bits per heavy atom. The molecule has 0 spiro atoms. The van der Waals surface area contributed by atoms with Crippen LogP contribution >= 0.6 is 0 Å². The van der Waals surface area contributed by atoms with E-state index in [4.69, 9.17) is 14.2 Å². The van der Waals surface area contributed by atoms with E-state index in [0.29, 0.717) is 31.4 Å². The van der Waals surface area contributed by atoms with Crippen molar-refractivity contribution in [3.8, 4) is 16.9 Å². The molecule has 1 saturated carbocycles. The number of carbonyl (C=O) groups is 1. The third-order valence-electron chi connectivity index (χ3n) is 8.60. The van der Waals surface area contributed by atoms with E-state index in [1.165, 1.54) is 13.2 Å². The average Bonchev–Trinajstić information content (AvgIpc) is 3.47. The first-order chi connectivity index (χ1) is 19.2. The fraction of sp³-hybridized carbons (Fsp3) is 0.452. The van der Waals surface area contributed by atoms with Crippen LogP contribution in [0, 0.1) is 19.7 Å². The predicted octanol–water partition coefficient (Wildman–Crippen LogP) is 6.58. The molecule has 1 aliphatic carbocycles. The molecule has 2 fully saturated rings. The van der Waals surface area contributed by atoms with Gasteiger partial charge < -0.3 is 23.8 Å². The maximum Gasteiger partial charge on any atom is 0.227 e. The number of amides is 1. The molecule has 0 radical (unpaired) electrons. The number of hydrogen-bond donors (Lipinski definition) is 1. The van der Waals surface area contributed by atoms with Gasteiger partial charge in [0.2, 0.25) is 5.91 Å². The maximum atomic E-state index is 14.8. The molecule has 0 bridgehead atoms. The molecule has 4 aromatic rings. The molecule has 6 rings (SSSR count). The van der Waals surface area contributed by atoms with Gasteiger partial charge in [-0.1, -0.05) is 11.2 Å². The van der Waals surface area contributed by atoms with Gasteiger partial charge in [0.15, 0.2) is 11.6 Å². The van der Waals surface area contributed by atoms with Gasteiger partial charge in [-0.3, -0.25) is 4.79 Å².